The van der Waals surface area contributed by atoms with Gasteiger partial charge in [-0.25, -0.2) is 0 Å². The van der Waals surface area contributed by atoms with Crippen molar-refractivity contribution in [2.75, 3.05) is 0 Å². The zero-order valence-corrected chi connectivity index (χ0v) is 8.92. The van der Waals surface area contributed by atoms with E-state index in [9.17, 15) is 9.59 Å². The number of amides is 2. The van der Waals surface area contributed by atoms with Gasteiger partial charge in [-0.15, -0.1) is 0 Å². The Balaban J connectivity index is 2.90. The Kier molecular flexibility index (Phi) is 2.17. The number of carbonyl (C=O) groups is 2. The van der Waals surface area contributed by atoms with Gasteiger partial charge in [0.15, 0.2) is 0 Å². The summed E-state index contributed by atoms with van der Waals surface area (Å²) in [5, 5.41) is 0. The van der Waals surface area contributed by atoms with Gasteiger partial charge in [0.2, 0.25) is 5.91 Å². The minimum atomic E-state index is -0.157. The molecule has 0 radical (unpaired) electrons. The van der Waals surface area contributed by atoms with Crippen LogP contribution in [0.15, 0.2) is 10.5 Å². The third kappa shape index (κ3) is 1.37. The molecule has 3 nitrogen and oxygen atoms in total. The zero-order valence-electron chi connectivity index (χ0n) is 6.92. The van der Waals surface area contributed by atoms with Crippen LogP contribution < -0.4 is 0 Å². The molecular weight excluding hydrogens is 157 g/mol. The quantitative estimate of drug-likeness (QED) is 0.382. The third-order valence-corrected chi connectivity index (χ3v) is 2.37. The fourth-order valence-corrected chi connectivity index (χ4v) is 1.58. The first-order valence-corrected chi connectivity index (χ1v) is 4.60. The molecule has 1 aliphatic heterocycles. The number of hydrogen-bond acceptors (Lipinski definition) is 2. The molecule has 2 amide bonds. The van der Waals surface area contributed by atoms with Crippen LogP contribution >= 0.6 is 0 Å². The molecule has 0 aromatic rings. The second kappa shape index (κ2) is 2.80. The summed E-state index contributed by atoms with van der Waals surface area (Å²) < 4.78 is 0.670. The fourth-order valence-electron chi connectivity index (χ4n) is 1.10. The molecule has 1 rings (SSSR count). The van der Waals surface area contributed by atoms with Gasteiger partial charge in [-0.2, -0.15) is 0 Å². The van der Waals surface area contributed by atoms with Gasteiger partial charge >= 0.3 is 0 Å². The highest BCUT2D eigenvalue weighted by molar-refractivity contribution is 6.42. The molecule has 1 aliphatic rings. The number of hydrogen-bond donors (Lipinski definition) is 0. The minimum Gasteiger partial charge on any atom is -0.274 e. The van der Waals surface area contributed by atoms with Crippen LogP contribution in [0.5, 0.6) is 0 Å². The first-order valence-electron chi connectivity index (χ1n) is 3.60. The molecule has 0 aliphatic carbocycles. The van der Waals surface area contributed by atoms with E-state index in [1.807, 2.05) is 13.8 Å². The van der Waals surface area contributed by atoms with E-state index >= 15 is 0 Å². The summed E-state index contributed by atoms with van der Waals surface area (Å²) in [6, 6.07) is -0.0160. The van der Waals surface area contributed by atoms with Crippen molar-refractivity contribution >= 4 is 28.1 Å². The first-order chi connectivity index (χ1) is 5.04. The maximum atomic E-state index is 11.2. The van der Waals surface area contributed by atoms with Crippen molar-refractivity contribution in [3.63, 3.8) is 0 Å². The SMILES string of the molecule is CC(C)N1C(=O)C=[C]([AlH2])C1=O. The molecule has 1 heterocycles. The molecule has 0 bridgehead atoms. The topological polar surface area (TPSA) is 37.4 Å². The van der Waals surface area contributed by atoms with Gasteiger partial charge in [0.05, 0.1) is 0 Å². The maximum absolute atomic E-state index is 11.2. The molecule has 0 atom stereocenters. The summed E-state index contributed by atoms with van der Waals surface area (Å²) in [5.41, 5.74) is 0. The Bertz CT molecular complexity index is 245. The predicted octanol–water partition coefficient (Wildman–Crippen LogP) is -0.719. The molecular formula is C7H10AlNO2. The molecule has 0 N–H and O–H groups in total. The Hall–Kier alpha value is -0.588. The second-order valence-corrected chi connectivity index (χ2v) is 4.01. The van der Waals surface area contributed by atoms with Crippen LogP contribution in [0, 0.1) is 0 Å². The summed E-state index contributed by atoms with van der Waals surface area (Å²) in [6.45, 7) is 3.67. The Morgan fingerprint density at radius 1 is 1.45 bits per heavy atom. The van der Waals surface area contributed by atoms with Gasteiger partial charge in [-0.3, -0.25) is 14.5 Å². The highest BCUT2D eigenvalue weighted by Gasteiger charge is 2.29. The van der Waals surface area contributed by atoms with Crippen LogP contribution in [0.3, 0.4) is 0 Å². The normalized spacial score (nSPS) is 18.1. The molecule has 0 unspecified atom stereocenters. The van der Waals surface area contributed by atoms with Gasteiger partial charge in [0.25, 0.3) is 22.2 Å². The van der Waals surface area contributed by atoms with Gasteiger partial charge in [0.1, 0.15) is 0 Å². The summed E-state index contributed by atoms with van der Waals surface area (Å²) in [6.07, 6.45) is 1.44. The van der Waals surface area contributed by atoms with Crippen molar-refractivity contribution in [1.82, 2.24) is 4.90 Å². The third-order valence-electron chi connectivity index (χ3n) is 1.65. The molecule has 4 heteroatoms. The monoisotopic (exact) mass is 167 g/mol. The van der Waals surface area contributed by atoms with Crippen LogP contribution in [0.25, 0.3) is 0 Å². The molecule has 0 fully saturated rings. The smallest absolute Gasteiger partial charge is 0.268 e. The highest BCUT2D eigenvalue weighted by atomic mass is 27.0. The predicted molar refractivity (Wildman–Crippen MR) is 43.6 cm³/mol. The lowest BCUT2D eigenvalue weighted by Gasteiger charge is -2.18. The number of imide groups is 1. The molecule has 11 heavy (non-hydrogen) atoms. The van der Waals surface area contributed by atoms with Crippen molar-refractivity contribution in [3.8, 4) is 0 Å². The van der Waals surface area contributed by atoms with E-state index in [-0.39, 0.29) is 17.9 Å². The lowest BCUT2D eigenvalue weighted by Crippen LogP contribution is -2.37. The highest BCUT2D eigenvalue weighted by Crippen LogP contribution is 2.12. The number of nitrogens with zero attached hydrogens (tertiary/aromatic N) is 1. The molecule has 0 aromatic heterocycles. The second-order valence-electron chi connectivity index (χ2n) is 2.93. The lowest BCUT2D eigenvalue weighted by molar-refractivity contribution is -0.138. The lowest BCUT2D eigenvalue weighted by atomic mass is 10.3. The molecule has 0 saturated carbocycles. The fraction of sp³-hybridized carbons (Fsp3) is 0.429. The van der Waals surface area contributed by atoms with E-state index in [1.54, 1.807) is 0 Å². The van der Waals surface area contributed by atoms with E-state index in [4.69, 9.17) is 0 Å². The van der Waals surface area contributed by atoms with Crippen LogP contribution in [-0.2, 0) is 9.59 Å². The van der Waals surface area contributed by atoms with E-state index < -0.39 is 0 Å². The van der Waals surface area contributed by atoms with Crippen LogP contribution in [0.1, 0.15) is 13.8 Å². The van der Waals surface area contributed by atoms with Gasteiger partial charge < -0.3 is 0 Å². The van der Waals surface area contributed by atoms with Crippen molar-refractivity contribution in [1.29, 1.82) is 0 Å². The number of carbonyl (C=O) groups excluding carboxylic acids is 2. The average molecular weight is 167 g/mol. The Morgan fingerprint density at radius 3 is 2.18 bits per heavy atom. The summed E-state index contributed by atoms with van der Waals surface area (Å²) >= 11 is 0.658. The standard InChI is InChI=1S/C7H8NO2.Al.2H/c1-5(2)8-6(9)3-4-7(8)10;;;/h3,5H,1-2H3;;;. The molecule has 58 valence electrons. The zero-order chi connectivity index (χ0) is 8.59. The molecule has 0 spiro atoms. The van der Waals surface area contributed by atoms with Gasteiger partial charge in [-0.1, -0.05) is 4.44 Å². The van der Waals surface area contributed by atoms with Crippen molar-refractivity contribution in [2.45, 2.75) is 19.9 Å². The van der Waals surface area contributed by atoms with E-state index in [0.29, 0.717) is 20.7 Å². The van der Waals surface area contributed by atoms with E-state index in [1.165, 1.54) is 11.0 Å². The Labute approximate surface area is 73.5 Å². The van der Waals surface area contributed by atoms with Crippen molar-refractivity contribution in [3.05, 3.63) is 10.5 Å². The van der Waals surface area contributed by atoms with E-state index in [0.717, 1.165) is 0 Å². The van der Waals surface area contributed by atoms with E-state index in [2.05, 4.69) is 0 Å². The van der Waals surface area contributed by atoms with Crippen LogP contribution in [-0.4, -0.2) is 39.0 Å². The summed E-state index contributed by atoms with van der Waals surface area (Å²) in [7, 11) is 0. The summed E-state index contributed by atoms with van der Waals surface area (Å²) in [5.74, 6) is -0.258. The first kappa shape index (κ1) is 8.51. The number of rotatable bonds is 1. The van der Waals surface area contributed by atoms with Crippen LogP contribution in [0.2, 0.25) is 0 Å². The summed E-state index contributed by atoms with van der Waals surface area (Å²) in [4.78, 5) is 23.6. The largest absolute Gasteiger partial charge is 0.274 e. The maximum Gasteiger partial charge on any atom is 0.268 e. The average Bonchev–Trinajstić information content (AvgIpc) is 2.07. The minimum absolute atomic E-state index is 0.0160. The van der Waals surface area contributed by atoms with Gasteiger partial charge in [0, 0.05) is 6.04 Å². The van der Waals surface area contributed by atoms with Crippen LogP contribution in [0.4, 0.5) is 0 Å². The van der Waals surface area contributed by atoms with Gasteiger partial charge in [-0.05, 0) is 19.9 Å². The molecule has 0 aromatic carbocycles. The molecule has 0 saturated heterocycles. The van der Waals surface area contributed by atoms with Crippen molar-refractivity contribution in [2.24, 2.45) is 0 Å². The van der Waals surface area contributed by atoms with Crippen molar-refractivity contribution < 1.29 is 9.59 Å². The Morgan fingerprint density at radius 2 is 2.00 bits per heavy atom.